The molecule has 14 heavy (non-hydrogen) atoms. The number of ether oxygens (including phenoxy) is 1. The molecule has 0 aliphatic carbocycles. The van der Waals surface area contributed by atoms with Crippen molar-refractivity contribution in [3.63, 3.8) is 0 Å². The Balaban J connectivity index is 2.33. The number of aromatic nitrogens is 1. The van der Waals surface area contributed by atoms with Crippen LogP contribution >= 0.6 is 18.9 Å². The number of carbonyl (C=O) groups excluding carboxylic acids is 1. The number of rotatable bonds is 4. The zero-order valence-electron chi connectivity index (χ0n) is 6.99. The van der Waals surface area contributed by atoms with E-state index in [4.69, 9.17) is 9.79 Å². The van der Waals surface area contributed by atoms with Gasteiger partial charge in [0, 0.05) is 5.38 Å². The van der Waals surface area contributed by atoms with Crippen LogP contribution < -0.4 is 0 Å². The van der Waals surface area contributed by atoms with E-state index in [1.165, 1.54) is 22.2 Å². The molecule has 0 fully saturated rings. The summed E-state index contributed by atoms with van der Waals surface area (Å²) in [7, 11) is -4.09. The van der Waals surface area contributed by atoms with Gasteiger partial charge in [-0.3, -0.25) is 4.57 Å². The zero-order chi connectivity index (χ0) is 10.6. The summed E-state index contributed by atoms with van der Waals surface area (Å²) in [5.41, 5.74) is 1.63. The largest absolute Gasteiger partial charge is 0.460 e. The van der Waals surface area contributed by atoms with Crippen molar-refractivity contribution in [3.05, 3.63) is 16.6 Å². The fourth-order valence-corrected chi connectivity index (χ4v) is 1.49. The first kappa shape index (κ1) is 11.3. The third kappa shape index (κ3) is 3.97. The number of thiazole rings is 1. The molecule has 8 heteroatoms. The molecular weight excluding hydrogens is 229 g/mol. The van der Waals surface area contributed by atoms with Gasteiger partial charge in [-0.25, -0.2) is 9.78 Å². The van der Waals surface area contributed by atoms with Gasteiger partial charge in [0.1, 0.15) is 6.61 Å². The lowest BCUT2D eigenvalue weighted by atomic mass is 10.5. The van der Waals surface area contributed by atoms with E-state index < -0.39 is 19.7 Å². The van der Waals surface area contributed by atoms with Gasteiger partial charge in [0.15, 0.2) is 5.69 Å². The van der Waals surface area contributed by atoms with Gasteiger partial charge in [-0.1, -0.05) is 0 Å². The summed E-state index contributed by atoms with van der Waals surface area (Å²) in [6.45, 7) is -0.305. The molecule has 2 N–H and O–H groups in total. The van der Waals surface area contributed by atoms with Gasteiger partial charge in [-0.2, -0.15) is 0 Å². The Labute approximate surface area is 83.7 Å². The second-order valence-electron chi connectivity index (χ2n) is 2.40. The highest BCUT2D eigenvalue weighted by molar-refractivity contribution is 7.51. The smallest absolute Gasteiger partial charge is 0.357 e. The van der Waals surface area contributed by atoms with Crippen molar-refractivity contribution in [2.45, 2.75) is 0 Å². The molecule has 1 aromatic heterocycles. The Bertz CT molecular complexity index is 345. The number of hydrogen-bond donors (Lipinski definition) is 2. The first-order chi connectivity index (χ1) is 6.49. The first-order valence-corrected chi connectivity index (χ1v) is 6.33. The minimum atomic E-state index is -4.09. The number of nitrogens with zero attached hydrogens (tertiary/aromatic N) is 1. The average molecular weight is 237 g/mol. The van der Waals surface area contributed by atoms with Crippen LogP contribution in [0.1, 0.15) is 10.5 Å². The van der Waals surface area contributed by atoms with E-state index in [0.29, 0.717) is 0 Å². The van der Waals surface area contributed by atoms with Crippen molar-refractivity contribution < 1.29 is 23.9 Å². The summed E-state index contributed by atoms with van der Waals surface area (Å²) < 4.78 is 15.0. The van der Waals surface area contributed by atoms with E-state index >= 15 is 0 Å². The third-order valence-corrected chi connectivity index (χ3v) is 2.61. The average Bonchev–Trinajstić information content (AvgIpc) is 2.53. The van der Waals surface area contributed by atoms with Gasteiger partial charge in [0.2, 0.25) is 0 Å². The molecule has 0 radical (unpaired) electrons. The predicted molar refractivity (Wildman–Crippen MR) is 49.3 cm³/mol. The maximum absolute atomic E-state index is 11.1. The summed E-state index contributed by atoms with van der Waals surface area (Å²) in [6, 6.07) is 0. The fourth-order valence-electron chi connectivity index (χ4n) is 0.645. The Kier molecular flexibility index (Phi) is 3.77. The number of hydrogen-bond acceptors (Lipinski definition) is 5. The van der Waals surface area contributed by atoms with Crippen LogP contribution in [0.25, 0.3) is 0 Å². The van der Waals surface area contributed by atoms with Crippen molar-refractivity contribution in [1.29, 1.82) is 0 Å². The van der Waals surface area contributed by atoms with Gasteiger partial charge in [0.25, 0.3) is 0 Å². The Morgan fingerprint density at radius 1 is 1.64 bits per heavy atom. The molecule has 0 bridgehead atoms. The second-order valence-corrected chi connectivity index (χ2v) is 4.89. The van der Waals surface area contributed by atoms with Gasteiger partial charge in [-0.05, 0) is 0 Å². The van der Waals surface area contributed by atoms with Crippen LogP contribution in [0.5, 0.6) is 0 Å². The molecule has 0 aromatic carbocycles. The van der Waals surface area contributed by atoms with E-state index in [9.17, 15) is 9.36 Å². The topological polar surface area (TPSA) is 96.7 Å². The Morgan fingerprint density at radius 3 is 2.86 bits per heavy atom. The van der Waals surface area contributed by atoms with Gasteiger partial charge in [0.05, 0.1) is 11.7 Å². The van der Waals surface area contributed by atoms with Crippen molar-refractivity contribution in [2.75, 3.05) is 12.8 Å². The van der Waals surface area contributed by atoms with E-state index in [-0.39, 0.29) is 12.3 Å². The highest BCUT2D eigenvalue weighted by Gasteiger charge is 2.15. The molecule has 0 aliphatic heterocycles. The van der Waals surface area contributed by atoms with E-state index in [2.05, 4.69) is 9.72 Å². The molecule has 0 saturated heterocycles. The Morgan fingerprint density at radius 2 is 2.36 bits per heavy atom. The fraction of sp³-hybridized carbons (Fsp3) is 0.333. The van der Waals surface area contributed by atoms with Crippen LogP contribution in [0.4, 0.5) is 0 Å². The van der Waals surface area contributed by atoms with Crippen LogP contribution in [-0.4, -0.2) is 33.5 Å². The second kappa shape index (κ2) is 4.65. The summed E-state index contributed by atoms with van der Waals surface area (Å²) >= 11 is 1.24. The summed E-state index contributed by atoms with van der Waals surface area (Å²) in [4.78, 5) is 31.7. The minimum absolute atomic E-state index is 0.153. The zero-order valence-corrected chi connectivity index (χ0v) is 8.70. The van der Waals surface area contributed by atoms with Gasteiger partial charge in [-0.15, -0.1) is 11.3 Å². The van der Waals surface area contributed by atoms with Crippen LogP contribution in [0, 0.1) is 0 Å². The van der Waals surface area contributed by atoms with Crippen molar-refractivity contribution in [3.8, 4) is 0 Å². The SMILES string of the molecule is O=C(OCCP(=O)(O)O)c1cscn1. The Hall–Kier alpha value is -0.750. The molecule has 0 unspecified atom stereocenters. The summed E-state index contributed by atoms with van der Waals surface area (Å²) in [5.74, 6) is -0.667. The number of esters is 1. The standard InChI is InChI=1S/C6H8NO5PS/c8-6(5-3-14-4-7-5)12-1-2-13(9,10)11/h3-4H,1-2H2,(H2,9,10,11). The lowest BCUT2D eigenvalue weighted by Gasteiger charge is -2.03. The summed E-state index contributed by atoms with van der Waals surface area (Å²) in [6.07, 6.45) is -0.469. The van der Waals surface area contributed by atoms with E-state index in [1.54, 1.807) is 0 Å². The maximum Gasteiger partial charge on any atom is 0.357 e. The summed E-state index contributed by atoms with van der Waals surface area (Å²) in [5, 5.41) is 1.50. The van der Waals surface area contributed by atoms with Gasteiger partial charge >= 0.3 is 13.6 Å². The molecule has 1 rings (SSSR count). The molecule has 6 nitrogen and oxygen atoms in total. The molecule has 78 valence electrons. The van der Waals surface area contributed by atoms with E-state index in [0.717, 1.165) is 0 Å². The molecule has 0 amide bonds. The lowest BCUT2D eigenvalue weighted by molar-refractivity contribution is 0.0520. The van der Waals surface area contributed by atoms with Crippen molar-refractivity contribution in [1.82, 2.24) is 4.98 Å². The van der Waals surface area contributed by atoms with Crippen LogP contribution in [0.2, 0.25) is 0 Å². The molecule has 0 atom stereocenters. The van der Waals surface area contributed by atoms with Crippen LogP contribution in [-0.2, 0) is 9.30 Å². The highest BCUT2D eigenvalue weighted by atomic mass is 32.1. The lowest BCUT2D eigenvalue weighted by Crippen LogP contribution is -2.09. The molecule has 0 aliphatic rings. The van der Waals surface area contributed by atoms with Crippen molar-refractivity contribution >= 4 is 24.9 Å². The molecule has 1 heterocycles. The number of carbonyl (C=O) groups is 1. The van der Waals surface area contributed by atoms with E-state index in [1.807, 2.05) is 0 Å². The monoisotopic (exact) mass is 237 g/mol. The minimum Gasteiger partial charge on any atom is -0.460 e. The molecule has 0 saturated carbocycles. The normalized spacial score (nSPS) is 11.3. The molecular formula is C6H8NO5PS. The van der Waals surface area contributed by atoms with Gasteiger partial charge < -0.3 is 14.5 Å². The quantitative estimate of drug-likeness (QED) is 0.584. The first-order valence-electron chi connectivity index (χ1n) is 3.59. The van der Waals surface area contributed by atoms with Crippen LogP contribution in [0.15, 0.2) is 10.9 Å². The third-order valence-electron chi connectivity index (χ3n) is 1.26. The van der Waals surface area contributed by atoms with Crippen LogP contribution in [0.3, 0.4) is 0 Å². The molecule has 0 spiro atoms. The maximum atomic E-state index is 11.1. The molecule has 1 aromatic rings. The highest BCUT2D eigenvalue weighted by Crippen LogP contribution is 2.33. The van der Waals surface area contributed by atoms with Crippen molar-refractivity contribution in [2.24, 2.45) is 0 Å². The predicted octanol–water partition coefficient (Wildman–Crippen LogP) is 0.478.